The molecule has 0 bridgehead atoms. The number of likely N-dealkylation sites (N-methyl/N-ethyl adjacent to an activating group) is 1. The molecule has 1 unspecified atom stereocenters. The highest BCUT2D eigenvalue weighted by Gasteiger charge is 2.23. The summed E-state index contributed by atoms with van der Waals surface area (Å²) in [5, 5.41) is 6.95. The first kappa shape index (κ1) is 26.9. The summed E-state index contributed by atoms with van der Waals surface area (Å²) in [6.45, 7) is 19.2. The van der Waals surface area contributed by atoms with E-state index < -0.39 is 0 Å². The Balaban J connectivity index is 0.00000420. The van der Waals surface area contributed by atoms with Crippen LogP contribution in [-0.4, -0.2) is 112 Å². The van der Waals surface area contributed by atoms with Gasteiger partial charge in [0, 0.05) is 45.3 Å². The predicted octanol–water partition coefficient (Wildman–Crippen LogP) is 1.54. The maximum atomic E-state index is 5.51. The van der Waals surface area contributed by atoms with Gasteiger partial charge in [-0.25, -0.2) is 0 Å². The number of morpholine rings is 1. The predicted molar refractivity (Wildman–Crippen MR) is 134 cm³/mol. The van der Waals surface area contributed by atoms with Crippen LogP contribution < -0.4 is 10.6 Å². The van der Waals surface area contributed by atoms with E-state index in [9.17, 15) is 0 Å². The molecule has 2 heterocycles. The third-order valence-corrected chi connectivity index (χ3v) is 5.82. The van der Waals surface area contributed by atoms with Gasteiger partial charge >= 0.3 is 0 Å². The number of aliphatic imine (C=N–C) groups is 1. The normalized spacial score (nSPS) is 21.5. The Morgan fingerprint density at radius 1 is 1.03 bits per heavy atom. The van der Waals surface area contributed by atoms with E-state index in [0.717, 1.165) is 58.3 Å². The lowest BCUT2D eigenvalue weighted by Crippen LogP contribution is -2.48. The second-order valence-corrected chi connectivity index (χ2v) is 8.46. The van der Waals surface area contributed by atoms with Crippen molar-refractivity contribution < 1.29 is 4.74 Å². The zero-order valence-electron chi connectivity index (χ0n) is 19.2. The Morgan fingerprint density at radius 3 is 2.48 bits per heavy atom. The van der Waals surface area contributed by atoms with Crippen molar-refractivity contribution in [2.45, 2.75) is 39.7 Å². The topological polar surface area (TPSA) is 55.4 Å². The molecule has 0 aromatic carbocycles. The van der Waals surface area contributed by atoms with E-state index in [1.807, 2.05) is 0 Å². The molecule has 0 aromatic heterocycles. The standard InChI is InChI=1S/C21H44N6O.HI/c1-5-22-21(23-8-6-10-26-11-7-9-25(4)12-13-26)24-18-20(19(2)3)27-14-16-28-17-15-27;/h19-20H,5-18H2,1-4H3,(H2,22,23,24);1H. The fourth-order valence-corrected chi connectivity index (χ4v) is 4.02. The second-order valence-electron chi connectivity index (χ2n) is 8.46. The number of hydrogen-bond donors (Lipinski definition) is 2. The lowest BCUT2D eigenvalue weighted by Gasteiger charge is -2.36. The van der Waals surface area contributed by atoms with Crippen LogP contribution in [-0.2, 0) is 4.74 Å². The molecule has 7 nitrogen and oxygen atoms in total. The molecule has 2 fully saturated rings. The maximum Gasteiger partial charge on any atom is 0.191 e. The van der Waals surface area contributed by atoms with E-state index in [-0.39, 0.29) is 24.0 Å². The molecule has 2 saturated heterocycles. The molecule has 8 heteroatoms. The van der Waals surface area contributed by atoms with Gasteiger partial charge in [0.05, 0.1) is 19.8 Å². The van der Waals surface area contributed by atoms with E-state index in [1.165, 1.54) is 39.1 Å². The Labute approximate surface area is 196 Å². The number of guanidine groups is 1. The van der Waals surface area contributed by atoms with Crippen LogP contribution in [0.2, 0.25) is 0 Å². The Bertz CT molecular complexity index is 445. The molecule has 0 radical (unpaired) electrons. The van der Waals surface area contributed by atoms with Gasteiger partial charge < -0.3 is 25.2 Å². The minimum atomic E-state index is 0. The van der Waals surface area contributed by atoms with Crippen molar-refractivity contribution >= 4 is 29.9 Å². The molecule has 172 valence electrons. The number of halogens is 1. The molecule has 0 aromatic rings. The Morgan fingerprint density at radius 2 is 1.79 bits per heavy atom. The molecule has 0 saturated carbocycles. The van der Waals surface area contributed by atoms with Gasteiger partial charge in [-0.2, -0.15) is 0 Å². The summed E-state index contributed by atoms with van der Waals surface area (Å²) >= 11 is 0. The van der Waals surface area contributed by atoms with E-state index in [2.05, 4.69) is 53.2 Å². The highest BCUT2D eigenvalue weighted by molar-refractivity contribution is 14.0. The van der Waals surface area contributed by atoms with Crippen molar-refractivity contribution in [1.82, 2.24) is 25.3 Å². The number of rotatable bonds is 9. The Kier molecular flexibility index (Phi) is 14.5. The van der Waals surface area contributed by atoms with Crippen molar-refractivity contribution in [1.29, 1.82) is 0 Å². The Hall–Kier alpha value is -0.160. The van der Waals surface area contributed by atoms with Gasteiger partial charge in [-0.15, -0.1) is 24.0 Å². The van der Waals surface area contributed by atoms with Crippen LogP contribution in [0.1, 0.15) is 33.6 Å². The first-order valence-corrected chi connectivity index (χ1v) is 11.3. The van der Waals surface area contributed by atoms with Crippen LogP contribution in [0.5, 0.6) is 0 Å². The summed E-state index contributed by atoms with van der Waals surface area (Å²) in [5.41, 5.74) is 0. The molecular weight excluding hydrogens is 479 g/mol. The third-order valence-electron chi connectivity index (χ3n) is 5.82. The third kappa shape index (κ3) is 10.6. The molecule has 0 spiro atoms. The average Bonchev–Trinajstić information content (AvgIpc) is 2.90. The van der Waals surface area contributed by atoms with Gasteiger partial charge in [-0.1, -0.05) is 13.8 Å². The van der Waals surface area contributed by atoms with Crippen LogP contribution in [0.3, 0.4) is 0 Å². The van der Waals surface area contributed by atoms with Crippen molar-refractivity contribution in [2.24, 2.45) is 10.9 Å². The van der Waals surface area contributed by atoms with Crippen molar-refractivity contribution in [3.8, 4) is 0 Å². The second kappa shape index (κ2) is 15.6. The van der Waals surface area contributed by atoms with Gasteiger partial charge in [0.1, 0.15) is 0 Å². The van der Waals surface area contributed by atoms with Crippen LogP contribution >= 0.6 is 24.0 Å². The molecule has 0 amide bonds. The smallest absolute Gasteiger partial charge is 0.191 e. The van der Waals surface area contributed by atoms with Crippen LogP contribution in [0.4, 0.5) is 0 Å². The number of ether oxygens (including phenoxy) is 1. The van der Waals surface area contributed by atoms with Crippen LogP contribution in [0.25, 0.3) is 0 Å². The SMILES string of the molecule is CCNC(=NCC(C(C)C)N1CCOCC1)NCCCN1CCCN(C)CC1.I. The number of nitrogens with zero attached hydrogens (tertiary/aromatic N) is 4. The fourth-order valence-electron chi connectivity index (χ4n) is 4.02. The highest BCUT2D eigenvalue weighted by Crippen LogP contribution is 2.13. The summed E-state index contributed by atoms with van der Waals surface area (Å²) < 4.78 is 5.51. The van der Waals surface area contributed by atoms with Gasteiger partial charge in [-0.05, 0) is 52.4 Å². The molecule has 29 heavy (non-hydrogen) atoms. The molecule has 2 rings (SSSR count). The van der Waals surface area contributed by atoms with Crippen LogP contribution in [0, 0.1) is 5.92 Å². The molecule has 2 aliphatic rings. The fraction of sp³-hybridized carbons (Fsp3) is 0.952. The molecule has 0 aliphatic carbocycles. The number of nitrogens with one attached hydrogen (secondary N) is 2. The van der Waals surface area contributed by atoms with E-state index in [1.54, 1.807) is 0 Å². The van der Waals surface area contributed by atoms with E-state index >= 15 is 0 Å². The average molecular weight is 525 g/mol. The maximum absolute atomic E-state index is 5.51. The van der Waals surface area contributed by atoms with Gasteiger partial charge in [0.2, 0.25) is 0 Å². The first-order chi connectivity index (χ1) is 13.6. The minimum absolute atomic E-state index is 0. The van der Waals surface area contributed by atoms with Crippen molar-refractivity contribution in [2.75, 3.05) is 85.7 Å². The first-order valence-electron chi connectivity index (χ1n) is 11.3. The molecule has 1 atom stereocenters. The van der Waals surface area contributed by atoms with Crippen molar-refractivity contribution in [3.63, 3.8) is 0 Å². The molecular formula is C21H45IN6O. The zero-order valence-corrected chi connectivity index (χ0v) is 21.5. The number of hydrogen-bond acceptors (Lipinski definition) is 5. The lowest BCUT2D eigenvalue weighted by atomic mass is 10.0. The van der Waals surface area contributed by atoms with Crippen LogP contribution in [0.15, 0.2) is 4.99 Å². The highest BCUT2D eigenvalue weighted by atomic mass is 127. The van der Waals surface area contributed by atoms with Crippen molar-refractivity contribution in [3.05, 3.63) is 0 Å². The van der Waals surface area contributed by atoms with Gasteiger partial charge in [0.15, 0.2) is 5.96 Å². The zero-order chi connectivity index (χ0) is 20.2. The van der Waals surface area contributed by atoms with Gasteiger partial charge in [0.25, 0.3) is 0 Å². The minimum Gasteiger partial charge on any atom is -0.379 e. The lowest BCUT2D eigenvalue weighted by molar-refractivity contribution is 0.00867. The largest absolute Gasteiger partial charge is 0.379 e. The summed E-state index contributed by atoms with van der Waals surface area (Å²) in [4.78, 5) is 12.5. The molecule has 2 aliphatic heterocycles. The summed E-state index contributed by atoms with van der Waals surface area (Å²) in [6.07, 6.45) is 2.44. The summed E-state index contributed by atoms with van der Waals surface area (Å²) in [5.74, 6) is 1.54. The summed E-state index contributed by atoms with van der Waals surface area (Å²) in [7, 11) is 2.23. The monoisotopic (exact) mass is 524 g/mol. The van der Waals surface area contributed by atoms with E-state index in [0.29, 0.717) is 12.0 Å². The molecule has 2 N–H and O–H groups in total. The van der Waals surface area contributed by atoms with E-state index in [4.69, 9.17) is 9.73 Å². The van der Waals surface area contributed by atoms with Gasteiger partial charge in [-0.3, -0.25) is 9.89 Å². The summed E-state index contributed by atoms with van der Waals surface area (Å²) in [6, 6.07) is 0.480. The quantitative estimate of drug-likeness (QED) is 0.207.